The largest absolute Gasteiger partial charge is 0.497 e. The summed E-state index contributed by atoms with van der Waals surface area (Å²) in [6.07, 6.45) is 0. The van der Waals surface area contributed by atoms with Crippen LogP contribution < -0.4 is 9.64 Å². The maximum Gasteiger partial charge on any atom is 0.339 e. The predicted molar refractivity (Wildman–Crippen MR) is 157 cm³/mol. The summed E-state index contributed by atoms with van der Waals surface area (Å²) in [5.41, 5.74) is 4.51. The number of benzene rings is 4. The molecule has 0 aliphatic carbocycles. The lowest BCUT2D eigenvalue weighted by Gasteiger charge is -2.15. The highest BCUT2D eigenvalue weighted by Crippen LogP contribution is 2.31. The molecule has 4 aromatic carbocycles. The Morgan fingerprint density at radius 3 is 2.12 bits per heavy atom. The fraction of sp³-hybridized carbons (Fsp3) is 0.0882. The number of ether oxygens (including phenoxy) is 2. The number of esters is 1. The third kappa shape index (κ3) is 4.79. The van der Waals surface area contributed by atoms with Gasteiger partial charge in [0.1, 0.15) is 5.75 Å². The van der Waals surface area contributed by atoms with Gasteiger partial charge in [-0.2, -0.15) is 0 Å². The van der Waals surface area contributed by atoms with E-state index in [9.17, 15) is 19.2 Å². The van der Waals surface area contributed by atoms with E-state index in [4.69, 9.17) is 14.5 Å². The maximum absolute atomic E-state index is 13.3. The number of fused-ring (bicyclic) bond motifs is 2. The molecular weight excluding hydrogens is 532 g/mol. The van der Waals surface area contributed by atoms with Crippen molar-refractivity contribution >= 4 is 40.2 Å². The molecule has 6 rings (SSSR count). The predicted octanol–water partition coefficient (Wildman–Crippen LogP) is 6.06. The first-order chi connectivity index (χ1) is 20.3. The van der Waals surface area contributed by atoms with Gasteiger partial charge >= 0.3 is 5.97 Å². The fourth-order valence-electron chi connectivity index (χ4n) is 4.93. The molecule has 8 nitrogen and oxygen atoms in total. The van der Waals surface area contributed by atoms with E-state index in [-0.39, 0.29) is 23.2 Å². The molecule has 0 saturated heterocycles. The van der Waals surface area contributed by atoms with E-state index in [0.29, 0.717) is 50.3 Å². The van der Waals surface area contributed by atoms with Crippen molar-refractivity contribution in [3.05, 3.63) is 125 Å². The topological polar surface area (TPSA) is 103 Å². The monoisotopic (exact) mass is 556 g/mol. The molecule has 0 saturated carbocycles. The van der Waals surface area contributed by atoms with Crippen LogP contribution in [0.4, 0.5) is 5.69 Å². The van der Waals surface area contributed by atoms with Gasteiger partial charge in [-0.3, -0.25) is 14.4 Å². The Morgan fingerprint density at radius 1 is 0.810 bits per heavy atom. The fourth-order valence-corrected chi connectivity index (χ4v) is 4.93. The van der Waals surface area contributed by atoms with Crippen LogP contribution in [-0.2, 0) is 4.74 Å². The van der Waals surface area contributed by atoms with Gasteiger partial charge in [-0.25, -0.2) is 14.7 Å². The maximum atomic E-state index is 13.3. The first-order valence-corrected chi connectivity index (χ1v) is 13.2. The number of ketones is 1. The summed E-state index contributed by atoms with van der Waals surface area (Å²) in [7, 11) is 1.54. The van der Waals surface area contributed by atoms with Crippen molar-refractivity contribution in [2.24, 2.45) is 0 Å². The zero-order valence-corrected chi connectivity index (χ0v) is 22.8. The summed E-state index contributed by atoms with van der Waals surface area (Å²) in [5.74, 6) is -1.14. The van der Waals surface area contributed by atoms with Crippen LogP contribution >= 0.6 is 0 Å². The van der Waals surface area contributed by atoms with Crippen molar-refractivity contribution in [1.82, 2.24) is 4.98 Å². The highest BCUT2D eigenvalue weighted by atomic mass is 16.5. The minimum absolute atomic E-state index is 0.269. The molecule has 0 bridgehead atoms. The number of nitrogens with zero attached hydrogens (tertiary/aromatic N) is 2. The molecule has 0 N–H and O–H groups in total. The average molecular weight is 557 g/mol. The Hall–Kier alpha value is -5.63. The van der Waals surface area contributed by atoms with E-state index in [1.54, 1.807) is 78.9 Å². The normalized spacial score (nSPS) is 12.4. The summed E-state index contributed by atoms with van der Waals surface area (Å²) in [5, 5.41) is 0.600. The van der Waals surface area contributed by atoms with Crippen molar-refractivity contribution in [3.8, 4) is 17.0 Å². The zero-order valence-electron chi connectivity index (χ0n) is 22.8. The van der Waals surface area contributed by atoms with Crippen LogP contribution in [-0.4, -0.2) is 42.3 Å². The lowest BCUT2D eigenvalue weighted by atomic mass is 10.0. The minimum Gasteiger partial charge on any atom is -0.497 e. The lowest BCUT2D eigenvalue weighted by molar-refractivity contribution is 0.0476. The Morgan fingerprint density at radius 2 is 1.48 bits per heavy atom. The van der Waals surface area contributed by atoms with Gasteiger partial charge in [0.2, 0.25) is 0 Å². The molecule has 0 radical (unpaired) electrons. The number of Topliss-reactive ketones (excluding diaryl/α,β-unsaturated/α-hetero) is 1. The Bertz CT molecular complexity index is 1860. The molecule has 2 amide bonds. The Kier molecular flexibility index (Phi) is 6.80. The van der Waals surface area contributed by atoms with Crippen LogP contribution in [0, 0.1) is 6.92 Å². The Labute approximate surface area is 241 Å². The van der Waals surface area contributed by atoms with Crippen LogP contribution in [0.15, 0.2) is 97.1 Å². The molecule has 0 atom stereocenters. The van der Waals surface area contributed by atoms with Crippen LogP contribution in [0.25, 0.3) is 22.2 Å². The zero-order chi connectivity index (χ0) is 29.4. The van der Waals surface area contributed by atoms with Crippen molar-refractivity contribution in [3.63, 3.8) is 0 Å². The van der Waals surface area contributed by atoms with E-state index in [0.717, 1.165) is 10.5 Å². The van der Waals surface area contributed by atoms with E-state index in [1.165, 1.54) is 7.11 Å². The molecule has 1 aliphatic rings. The minimum atomic E-state index is -0.654. The van der Waals surface area contributed by atoms with Crippen LogP contribution in [0.3, 0.4) is 0 Å². The van der Waals surface area contributed by atoms with Crippen LogP contribution in [0.2, 0.25) is 0 Å². The number of carbonyl (C=O) groups is 4. The second-order valence-electron chi connectivity index (χ2n) is 9.84. The van der Waals surface area contributed by atoms with Crippen LogP contribution in [0.1, 0.15) is 47.0 Å². The van der Waals surface area contributed by atoms with E-state index < -0.39 is 12.6 Å². The van der Waals surface area contributed by atoms with Gasteiger partial charge in [-0.15, -0.1) is 0 Å². The molecule has 0 fully saturated rings. The lowest BCUT2D eigenvalue weighted by Crippen LogP contribution is -2.29. The molecule has 206 valence electrons. The number of methoxy groups -OCH3 is 1. The molecule has 2 heterocycles. The van der Waals surface area contributed by atoms with Crippen molar-refractivity contribution in [2.75, 3.05) is 18.6 Å². The van der Waals surface area contributed by atoms with Gasteiger partial charge in [0.05, 0.1) is 40.7 Å². The van der Waals surface area contributed by atoms with Gasteiger partial charge in [-0.1, -0.05) is 35.9 Å². The number of rotatable bonds is 7. The van der Waals surface area contributed by atoms with E-state index >= 15 is 0 Å². The molecule has 1 aliphatic heterocycles. The highest BCUT2D eigenvalue weighted by molar-refractivity contribution is 6.34. The summed E-state index contributed by atoms with van der Waals surface area (Å²) in [6.45, 7) is 1.48. The van der Waals surface area contributed by atoms with Gasteiger partial charge in [-0.05, 0) is 73.7 Å². The number of hydrogen-bond donors (Lipinski definition) is 0. The number of amides is 2. The quantitative estimate of drug-likeness (QED) is 0.136. The standard InChI is InChI=1S/C34H24N2O6/c1-20-7-16-29-27(17-20)28(34(40)42-19-31(37)22-10-14-24(41-2)15-11-22)18-30(35-29)21-8-12-23(13-9-21)36-32(38)25-5-3-4-6-26(25)33(36)39/h3-18H,19H2,1-2H3. The number of aryl methyl sites for hydroxylation is 1. The molecule has 5 aromatic rings. The molecule has 42 heavy (non-hydrogen) atoms. The van der Waals surface area contributed by atoms with E-state index in [2.05, 4.69) is 0 Å². The second kappa shape index (κ2) is 10.7. The number of aromatic nitrogens is 1. The van der Waals surface area contributed by atoms with Gasteiger partial charge in [0.25, 0.3) is 11.8 Å². The average Bonchev–Trinajstić information content (AvgIpc) is 3.28. The first-order valence-electron chi connectivity index (χ1n) is 13.2. The van der Waals surface area contributed by atoms with Crippen LogP contribution in [0.5, 0.6) is 5.75 Å². The third-order valence-electron chi connectivity index (χ3n) is 7.15. The number of anilines is 1. The second-order valence-corrected chi connectivity index (χ2v) is 9.84. The highest BCUT2D eigenvalue weighted by Gasteiger charge is 2.36. The Balaban J connectivity index is 1.28. The molecular formula is C34H24N2O6. The SMILES string of the molecule is COc1ccc(C(=O)COC(=O)c2cc(-c3ccc(N4C(=O)c5ccccc5C4=O)cc3)nc3ccc(C)cc23)cc1. The van der Waals surface area contributed by atoms with Crippen molar-refractivity contribution in [1.29, 1.82) is 0 Å². The van der Waals surface area contributed by atoms with Crippen molar-refractivity contribution < 1.29 is 28.7 Å². The van der Waals surface area contributed by atoms with E-state index in [1.807, 2.05) is 25.1 Å². The molecule has 8 heteroatoms. The summed E-state index contributed by atoms with van der Waals surface area (Å²) in [4.78, 5) is 57.6. The van der Waals surface area contributed by atoms with Crippen molar-refractivity contribution in [2.45, 2.75) is 6.92 Å². The summed E-state index contributed by atoms with van der Waals surface area (Å²) in [6, 6.07) is 27.3. The number of carbonyl (C=O) groups excluding carboxylic acids is 4. The van der Waals surface area contributed by atoms with Gasteiger partial charge < -0.3 is 9.47 Å². The molecule has 0 unspecified atom stereocenters. The molecule has 1 aromatic heterocycles. The number of hydrogen-bond acceptors (Lipinski definition) is 7. The van der Waals surface area contributed by atoms with Gasteiger partial charge in [0.15, 0.2) is 12.4 Å². The number of imide groups is 1. The number of pyridine rings is 1. The summed E-state index contributed by atoms with van der Waals surface area (Å²) >= 11 is 0. The smallest absolute Gasteiger partial charge is 0.339 e. The molecule has 0 spiro atoms. The first kappa shape index (κ1) is 26.6. The third-order valence-corrected chi connectivity index (χ3v) is 7.15. The van der Waals surface area contributed by atoms with Gasteiger partial charge in [0, 0.05) is 16.5 Å². The summed E-state index contributed by atoms with van der Waals surface area (Å²) < 4.78 is 10.6.